The number of carbonyl (C=O) groups is 1. The lowest BCUT2D eigenvalue weighted by molar-refractivity contribution is -0.126. The van der Waals surface area contributed by atoms with Crippen LogP contribution in [0.3, 0.4) is 0 Å². The molecule has 1 aliphatic heterocycles. The molecule has 138 valence electrons. The minimum absolute atomic E-state index is 0.132. The van der Waals surface area contributed by atoms with Crippen LogP contribution in [0.5, 0.6) is 0 Å². The third-order valence-corrected chi connectivity index (χ3v) is 5.92. The van der Waals surface area contributed by atoms with Gasteiger partial charge in [0.05, 0.1) is 5.41 Å². The van der Waals surface area contributed by atoms with E-state index < -0.39 is 5.41 Å². The SMILES string of the molecule is O=C(NCCCN1CCCCCC1)C1(c2ccc(F)cc2)CCCC1. The molecule has 4 heteroatoms. The summed E-state index contributed by atoms with van der Waals surface area (Å²) in [5.41, 5.74) is 0.521. The summed E-state index contributed by atoms with van der Waals surface area (Å²) in [5, 5.41) is 3.17. The van der Waals surface area contributed by atoms with E-state index >= 15 is 0 Å². The molecule has 1 aliphatic carbocycles. The first kappa shape index (κ1) is 18.4. The minimum atomic E-state index is -0.448. The lowest BCUT2D eigenvalue weighted by Crippen LogP contribution is -2.43. The van der Waals surface area contributed by atoms with Gasteiger partial charge >= 0.3 is 0 Å². The molecule has 0 radical (unpaired) electrons. The number of nitrogens with one attached hydrogen (secondary N) is 1. The van der Waals surface area contributed by atoms with Crippen molar-refractivity contribution >= 4 is 5.91 Å². The Hall–Kier alpha value is -1.42. The maximum Gasteiger partial charge on any atom is 0.230 e. The van der Waals surface area contributed by atoms with E-state index in [0.717, 1.165) is 50.8 Å². The first-order chi connectivity index (χ1) is 12.2. The highest BCUT2D eigenvalue weighted by atomic mass is 19.1. The monoisotopic (exact) mass is 346 g/mol. The van der Waals surface area contributed by atoms with Gasteiger partial charge in [-0.1, -0.05) is 37.8 Å². The van der Waals surface area contributed by atoms with E-state index in [1.165, 1.54) is 50.9 Å². The van der Waals surface area contributed by atoms with E-state index in [0.29, 0.717) is 0 Å². The zero-order valence-corrected chi connectivity index (χ0v) is 15.2. The van der Waals surface area contributed by atoms with Crippen LogP contribution in [-0.2, 0) is 10.2 Å². The van der Waals surface area contributed by atoms with Crippen LogP contribution in [0, 0.1) is 5.82 Å². The molecule has 0 bridgehead atoms. The van der Waals surface area contributed by atoms with Crippen molar-refractivity contribution in [1.29, 1.82) is 0 Å². The number of halogens is 1. The van der Waals surface area contributed by atoms with Gasteiger partial charge in [0.25, 0.3) is 0 Å². The lowest BCUT2D eigenvalue weighted by Gasteiger charge is -2.28. The number of amides is 1. The molecule has 1 N–H and O–H groups in total. The van der Waals surface area contributed by atoms with Crippen molar-refractivity contribution in [2.24, 2.45) is 0 Å². The Morgan fingerprint density at radius 3 is 2.28 bits per heavy atom. The minimum Gasteiger partial charge on any atom is -0.355 e. The summed E-state index contributed by atoms with van der Waals surface area (Å²) < 4.78 is 13.2. The number of rotatable bonds is 6. The van der Waals surface area contributed by atoms with Crippen molar-refractivity contribution in [2.75, 3.05) is 26.2 Å². The molecule has 1 amide bonds. The number of hydrogen-bond acceptors (Lipinski definition) is 2. The van der Waals surface area contributed by atoms with E-state index in [2.05, 4.69) is 10.2 Å². The predicted molar refractivity (Wildman–Crippen MR) is 99.1 cm³/mol. The third-order valence-electron chi connectivity index (χ3n) is 5.92. The molecule has 2 fully saturated rings. The van der Waals surface area contributed by atoms with E-state index in [-0.39, 0.29) is 11.7 Å². The van der Waals surface area contributed by atoms with Crippen LogP contribution in [-0.4, -0.2) is 37.0 Å². The summed E-state index contributed by atoms with van der Waals surface area (Å²) in [6.45, 7) is 4.21. The number of benzene rings is 1. The largest absolute Gasteiger partial charge is 0.355 e. The molecular weight excluding hydrogens is 315 g/mol. The number of carbonyl (C=O) groups excluding carboxylic acids is 1. The Morgan fingerprint density at radius 1 is 1.00 bits per heavy atom. The molecule has 0 aromatic heterocycles. The summed E-state index contributed by atoms with van der Waals surface area (Å²) in [6, 6.07) is 6.53. The highest BCUT2D eigenvalue weighted by Gasteiger charge is 2.42. The lowest BCUT2D eigenvalue weighted by atomic mass is 9.78. The van der Waals surface area contributed by atoms with Gasteiger partial charge in [0.15, 0.2) is 0 Å². The Bertz CT molecular complexity index is 544. The fourth-order valence-electron chi connectivity index (χ4n) is 4.43. The second-order valence-electron chi connectivity index (χ2n) is 7.66. The van der Waals surface area contributed by atoms with Gasteiger partial charge in [-0.3, -0.25) is 4.79 Å². The van der Waals surface area contributed by atoms with Crippen LogP contribution in [0.4, 0.5) is 4.39 Å². The summed E-state index contributed by atoms with van der Waals surface area (Å²) in [5.74, 6) is -0.109. The smallest absolute Gasteiger partial charge is 0.230 e. The van der Waals surface area contributed by atoms with Crippen LogP contribution >= 0.6 is 0 Å². The van der Waals surface area contributed by atoms with E-state index in [1.807, 2.05) is 0 Å². The molecule has 25 heavy (non-hydrogen) atoms. The van der Waals surface area contributed by atoms with Crippen LogP contribution < -0.4 is 5.32 Å². The van der Waals surface area contributed by atoms with Crippen LogP contribution in [0.25, 0.3) is 0 Å². The van der Waals surface area contributed by atoms with Crippen molar-refractivity contribution in [3.8, 4) is 0 Å². The topological polar surface area (TPSA) is 32.3 Å². The maximum absolute atomic E-state index is 13.2. The van der Waals surface area contributed by atoms with Crippen LogP contribution in [0.1, 0.15) is 63.4 Å². The van der Waals surface area contributed by atoms with Crippen LogP contribution in [0.2, 0.25) is 0 Å². The van der Waals surface area contributed by atoms with Crippen molar-refractivity contribution in [3.63, 3.8) is 0 Å². The Kier molecular flexibility index (Phi) is 6.46. The molecule has 3 nitrogen and oxygen atoms in total. The standard InChI is InChI=1S/C21H31FN2O/c22-19-10-8-18(9-11-19)21(12-3-4-13-21)20(25)23-14-7-17-24-15-5-1-2-6-16-24/h8-11H,1-7,12-17H2,(H,23,25). The van der Waals surface area contributed by atoms with Gasteiger partial charge in [-0.25, -0.2) is 4.39 Å². The number of nitrogens with zero attached hydrogens (tertiary/aromatic N) is 1. The Morgan fingerprint density at radius 2 is 1.64 bits per heavy atom. The molecular formula is C21H31FN2O. The van der Waals surface area contributed by atoms with E-state index in [1.54, 1.807) is 12.1 Å². The summed E-state index contributed by atoms with van der Waals surface area (Å²) >= 11 is 0. The predicted octanol–water partition coefficient (Wildman–Crippen LogP) is 4.02. The zero-order chi connectivity index (χ0) is 17.5. The van der Waals surface area contributed by atoms with E-state index in [4.69, 9.17) is 0 Å². The molecule has 1 heterocycles. The normalized spacial score (nSPS) is 21.0. The summed E-state index contributed by atoms with van der Waals surface area (Å²) in [7, 11) is 0. The average molecular weight is 346 g/mol. The highest BCUT2D eigenvalue weighted by molar-refractivity contribution is 5.88. The molecule has 1 aromatic carbocycles. The molecule has 1 aromatic rings. The van der Waals surface area contributed by atoms with Crippen molar-refractivity contribution in [3.05, 3.63) is 35.6 Å². The Labute approximate surface area is 151 Å². The number of hydrogen-bond donors (Lipinski definition) is 1. The third kappa shape index (κ3) is 4.60. The van der Waals surface area contributed by atoms with Crippen LogP contribution in [0.15, 0.2) is 24.3 Å². The molecule has 0 unspecified atom stereocenters. The second-order valence-corrected chi connectivity index (χ2v) is 7.66. The van der Waals surface area contributed by atoms with Crippen molar-refractivity contribution in [2.45, 2.75) is 63.2 Å². The molecule has 1 saturated heterocycles. The van der Waals surface area contributed by atoms with Gasteiger partial charge in [-0.15, -0.1) is 0 Å². The maximum atomic E-state index is 13.2. The molecule has 2 aliphatic rings. The summed E-state index contributed by atoms with van der Waals surface area (Å²) in [6.07, 6.45) is 10.2. The zero-order valence-electron chi connectivity index (χ0n) is 15.2. The van der Waals surface area contributed by atoms with Gasteiger partial charge in [0, 0.05) is 6.54 Å². The van der Waals surface area contributed by atoms with Gasteiger partial charge in [-0.05, 0) is 69.4 Å². The van der Waals surface area contributed by atoms with E-state index in [9.17, 15) is 9.18 Å². The summed E-state index contributed by atoms with van der Waals surface area (Å²) in [4.78, 5) is 15.5. The quantitative estimate of drug-likeness (QED) is 0.789. The molecule has 0 atom stereocenters. The fraction of sp³-hybridized carbons (Fsp3) is 0.667. The first-order valence-corrected chi connectivity index (χ1v) is 9.97. The highest BCUT2D eigenvalue weighted by Crippen LogP contribution is 2.41. The molecule has 0 spiro atoms. The van der Waals surface area contributed by atoms with Crippen molar-refractivity contribution in [1.82, 2.24) is 10.2 Å². The van der Waals surface area contributed by atoms with Gasteiger partial charge in [0.2, 0.25) is 5.91 Å². The molecule has 1 saturated carbocycles. The Balaban J connectivity index is 1.52. The fourth-order valence-corrected chi connectivity index (χ4v) is 4.43. The van der Waals surface area contributed by atoms with Gasteiger partial charge < -0.3 is 10.2 Å². The second kappa shape index (κ2) is 8.79. The number of likely N-dealkylation sites (tertiary alicyclic amines) is 1. The van der Waals surface area contributed by atoms with Crippen molar-refractivity contribution < 1.29 is 9.18 Å². The first-order valence-electron chi connectivity index (χ1n) is 9.97. The van der Waals surface area contributed by atoms with Gasteiger partial charge in [-0.2, -0.15) is 0 Å². The van der Waals surface area contributed by atoms with Gasteiger partial charge in [0.1, 0.15) is 5.82 Å². The molecule has 3 rings (SSSR count). The average Bonchev–Trinajstić information content (AvgIpc) is 2.98.